The zero-order valence-electron chi connectivity index (χ0n) is 10.6. The number of aliphatic hydroxyl groups excluding tert-OH is 1. The van der Waals surface area contributed by atoms with Crippen LogP contribution >= 0.6 is 11.3 Å². The molecule has 2 rings (SSSR count). The molecular formula is C14H15NO3S. The first kappa shape index (κ1) is 13.6. The molecule has 0 aliphatic rings. The number of hydrogen-bond donors (Lipinski definition) is 2. The van der Waals surface area contributed by atoms with E-state index in [0.717, 1.165) is 11.1 Å². The van der Waals surface area contributed by atoms with Crippen molar-refractivity contribution in [1.82, 2.24) is 5.32 Å². The van der Waals surface area contributed by atoms with E-state index in [1.54, 1.807) is 13.2 Å². The van der Waals surface area contributed by atoms with Gasteiger partial charge in [0.2, 0.25) is 0 Å². The summed E-state index contributed by atoms with van der Waals surface area (Å²) in [4.78, 5) is 12.5. The number of carbonyl (C=O) groups excluding carboxylic acids is 1. The highest BCUT2D eigenvalue weighted by atomic mass is 32.1. The van der Waals surface area contributed by atoms with E-state index < -0.39 is 0 Å². The van der Waals surface area contributed by atoms with Gasteiger partial charge in [0.25, 0.3) is 5.91 Å². The van der Waals surface area contributed by atoms with Crippen LogP contribution < -0.4 is 10.1 Å². The summed E-state index contributed by atoms with van der Waals surface area (Å²) in [5, 5.41) is 13.6. The van der Waals surface area contributed by atoms with E-state index >= 15 is 0 Å². The van der Waals surface area contributed by atoms with Crippen LogP contribution in [-0.4, -0.2) is 18.1 Å². The number of rotatable bonds is 5. The molecule has 0 spiro atoms. The van der Waals surface area contributed by atoms with Crippen molar-refractivity contribution in [2.75, 3.05) is 7.11 Å². The van der Waals surface area contributed by atoms with Crippen molar-refractivity contribution < 1.29 is 14.6 Å². The Labute approximate surface area is 115 Å². The molecule has 0 unspecified atom stereocenters. The summed E-state index contributed by atoms with van der Waals surface area (Å²) in [6.07, 6.45) is 0. The molecule has 2 N–H and O–H groups in total. The van der Waals surface area contributed by atoms with Crippen LogP contribution in [0.2, 0.25) is 0 Å². The highest BCUT2D eigenvalue weighted by molar-refractivity contribution is 7.12. The zero-order valence-corrected chi connectivity index (χ0v) is 11.4. The topological polar surface area (TPSA) is 58.6 Å². The third kappa shape index (κ3) is 3.33. The molecule has 19 heavy (non-hydrogen) atoms. The summed E-state index contributed by atoms with van der Waals surface area (Å²) in [6.45, 7) is 0.477. The second kappa shape index (κ2) is 6.36. The van der Waals surface area contributed by atoms with Crippen molar-refractivity contribution in [2.45, 2.75) is 13.2 Å². The van der Waals surface area contributed by atoms with Gasteiger partial charge in [-0.05, 0) is 22.6 Å². The molecule has 5 heteroatoms. The second-order valence-electron chi connectivity index (χ2n) is 3.98. The minimum Gasteiger partial charge on any atom is -0.495 e. The molecular weight excluding hydrogens is 262 g/mol. The molecule has 0 saturated carbocycles. The van der Waals surface area contributed by atoms with Gasteiger partial charge in [-0.2, -0.15) is 0 Å². The van der Waals surface area contributed by atoms with Crippen molar-refractivity contribution >= 4 is 17.2 Å². The lowest BCUT2D eigenvalue weighted by atomic mass is 10.1. The molecule has 0 saturated heterocycles. The number of benzene rings is 1. The molecule has 0 bridgehead atoms. The van der Waals surface area contributed by atoms with Gasteiger partial charge in [-0.15, -0.1) is 11.3 Å². The molecule has 4 nitrogen and oxygen atoms in total. The molecule has 0 radical (unpaired) electrons. The number of thiophene rings is 1. The van der Waals surface area contributed by atoms with Crippen LogP contribution in [0.3, 0.4) is 0 Å². The van der Waals surface area contributed by atoms with Crippen LogP contribution in [-0.2, 0) is 13.2 Å². The van der Waals surface area contributed by atoms with Gasteiger partial charge in [-0.1, -0.05) is 24.3 Å². The van der Waals surface area contributed by atoms with Crippen molar-refractivity contribution in [2.24, 2.45) is 0 Å². The normalized spacial score (nSPS) is 10.2. The molecule has 0 aliphatic carbocycles. The predicted octanol–water partition coefficient (Wildman–Crippen LogP) is 2.18. The first-order valence-electron chi connectivity index (χ1n) is 5.83. The average molecular weight is 277 g/mol. The highest BCUT2D eigenvalue weighted by Gasteiger charge is 2.13. The van der Waals surface area contributed by atoms with E-state index in [-0.39, 0.29) is 12.5 Å². The Kier molecular flexibility index (Phi) is 4.54. The van der Waals surface area contributed by atoms with Crippen molar-refractivity contribution in [3.8, 4) is 5.75 Å². The lowest BCUT2D eigenvalue weighted by Gasteiger charge is -2.06. The Hall–Kier alpha value is -1.85. The van der Waals surface area contributed by atoms with Gasteiger partial charge < -0.3 is 15.2 Å². The van der Waals surface area contributed by atoms with Crippen LogP contribution in [0.15, 0.2) is 35.7 Å². The fraction of sp³-hybridized carbons (Fsp3) is 0.214. The maximum absolute atomic E-state index is 12.0. The zero-order chi connectivity index (χ0) is 13.7. The van der Waals surface area contributed by atoms with Gasteiger partial charge in [-0.3, -0.25) is 4.79 Å². The summed E-state index contributed by atoms with van der Waals surface area (Å²) in [7, 11) is 1.55. The highest BCUT2D eigenvalue weighted by Crippen LogP contribution is 2.24. The molecule has 1 aromatic heterocycles. The molecule has 1 amide bonds. The maximum atomic E-state index is 12.0. The lowest BCUT2D eigenvalue weighted by molar-refractivity contribution is 0.0952. The Morgan fingerprint density at radius 2 is 1.95 bits per heavy atom. The largest absolute Gasteiger partial charge is 0.495 e. The Morgan fingerprint density at radius 1 is 1.26 bits per heavy atom. The van der Waals surface area contributed by atoms with Crippen LogP contribution in [0.1, 0.15) is 20.8 Å². The standard InChI is InChI=1S/C14H15NO3S/c1-18-12-6-7-19-13(12)14(17)15-8-10-2-4-11(9-16)5-3-10/h2-7,16H,8-9H2,1H3,(H,15,17). The van der Waals surface area contributed by atoms with E-state index in [1.807, 2.05) is 29.6 Å². The summed E-state index contributed by atoms with van der Waals surface area (Å²) in [5.74, 6) is 0.455. The molecule has 100 valence electrons. The number of hydrogen-bond acceptors (Lipinski definition) is 4. The van der Waals surface area contributed by atoms with Gasteiger partial charge in [-0.25, -0.2) is 0 Å². The van der Waals surface area contributed by atoms with E-state index in [1.165, 1.54) is 11.3 Å². The van der Waals surface area contributed by atoms with E-state index in [0.29, 0.717) is 17.2 Å². The van der Waals surface area contributed by atoms with E-state index in [2.05, 4.69) is 5.32 Å². The molecule has 0 atom stereocenters. The molecule has 0 fully saturated rings. The minimum atomic E-state index is -0.141. The fourth-order valence-electron chi connectivity index (χ4n) is 1.65. The smallest absolute Gasteiger partial charge is 0.265 e. The Bertz CT molecular complexity index is 548. The second-order valence-corrected chi connectivity index (χ2v) is 4.89. The lowest BCUT2D eigenvalue weighted by Crippen LogP contribution is -2.22. The quantitative estimate of drug-likeness (QED) is 0.880. The third-order valence-electron chi connectivity index (χ3n) is 2.71. The molecule has 0 aliphatic heterocycles. The van der Waals surface area contributed by atoms with Crippen molar-refractivity contribution in [3.63, 3.8) is 0 Å². The van der Waals surface area contributed by atoms with Gasteiger partial charge in [0, 0.05) is 6.54 Å². The third-order valence-corrected chi connectivity index (χ3v) is 3.61. The van der Waals surface area contributed by atoms with Crippen LogP contribution in [0.4, 0.5) is 0 Å². The molecule has 2 aromatic rings. The predicted molar refractivity (Wildman–Crippen MR) is 74.4 cm³/mol. The van der Waals surface area contributed by atoms with Crippen molar-refractivity contribution in [1.29, 1.82) is 0 Å². The summed E-state index contributed by atoms with van der Waals surface area (Å²) in [5.41, 5.74) is 1.84. The van der Waals surface area contributed by atoms with E-state index in [9.17, 15) is 4.79 Å². The SMILES string of the molecule is COc1ccsc1C(=O)NCc1ccc(CO)cc1. The summed E-state index contributed by atoms with van der Waals surface area (Å²) < 4.78 is 5.11. The molecule has 1 heterocycles. The fourth-order valence-corrected chi connectivity index (χ4v) is 2.42. The molecule has 1 aromatic carbocycles. The Morgan fingerprint density at radius 3 is 2.58 bits per heavy atom. The van der Waals surface area contributed by atoms with Crippen LogP contribution in [0.25, 0.3) is 0 Å². The minimum absolute atomic E-state index is 0.0268. The number of nitrogens with one attached hydrogen (secondary N) is 1. The summed E-state index contributed by atoms with van der Waals surface area (Å²) in [6, 6.07) is 9.23. The number of ether oxygens (including phenoxy) is 1. The van der Waals surface area contributed by atoms with Crippen molar-refractivity contribution in [3.05, 3.63) is 51.7 Å². The van der Waals surface area contributed by atoms with Gasteiger partial charge in [0.05, 0.1) is 13.7 Å². The van der Waals surface area contributed by atoms with Crippen LogP contribution in [0.5, 0.6) is 5.75 Å². The van der Waals surface area contributed by atoms with Gasteiger partial charge >= 0.3 is 0 Å². The number of aliphatic hydroxyl groups is 1. The first-order valence-corrected chi connectivity index (χ1v) is 6.71. The van der Waals surface area contributed by atoms with Gasteiger partial charge in [0.15, 0.2) is 0 Å². The number of amides is 1. The monoisotopic (exact) mass is 277 g/mol. The average Bonchev–Trinajstić information content (AvgIpc) is 2.93. The number of methoxy groups -OCH3 is 1. The summed E-state index contributed by atoms with van der Waals surface area (Å²) >= 11 is 1.35. The van der Waals surface area contributed by atoms with E-state index in [4.69, 9.17) is 9.84 Å². The first-order chi connectivity index (χ1) is 9.24. The Balaban J connectivity index is 1.96. The van der Waals surface area contributed by atoms with Gasteiger partial charge in [0.1, 0.15) is 10.6 Å². The number of carbonyl (C=O) groups is 1. The maximum Gasteiger partial charge on any atom is 0.265 e. The van der Waals surface area contributed by atoms with Crippen LogP contribution in [0, 0.1) is 0 Å².